The van der Waals surface area contributed by atoms with Crippen LogP contribution in [0.1, 0.15) is 26.0 Å². The zero-order valence-electron chi connectivity index (χ0n) is 10.5. The lowest BCUT2D eigenvalue weighted by atomic mass is 10.1. The van der Waals surface area contributed by atoms with Gasteiger partial charge in [0.2, 0.25) is 5.95 Å². The van der Waals surface area contributed by atoms with E-state index < -0.39 is 6.10 Å². The summed E-state index contributed by atoms with van der Waals surface area (Å²) in [6, 6.07) is 0. The molecule has 0 spiro atoms. The molecule has 3 atom stereocenters. The minimum Gasteiger partial charge on any atom is -0.390 e. The van der Waals surface area contributed by atoms with Crippen molar-refractivity contribution < 1.29 is 9.84 Å². The number of anilines is 2. The number of hydrogen-bond acceptors (Lipinski definition) is 7. The van der Waals surface area contributed by atoms with Crippen molar-refractivity contribution in [3.8, 4) is 0 Å². The molecule has 3 rings (SSSR count). The molecule has 1 fully saturated rings. The van der Waals surface area contributed by atoms with Gasteiger partial charge in [0, 0.05) is 6.42 Å². The smallest absolute Gasteiger partial charge is 0.224 e. The van der Waals surface area contributed by atoms with Crippen LogP contribution < -0.4 is 11.5 Å². The normalized spacial score (nSPS) is 27.2. The van der Waals surface area contributed by atoms with Crippen LogP contribution in [0.2, 0.25) is 0 Å². The van der Waals surface area contributed by atoms with Crippen LogP contribution in [0.4, 0.5) is 11.8 Å². The molecule has 1 aliphatic rings. The number of aliphatic hydroxyl groups excluding tert-OH is 1. The highest BCUT2D eigenvalue weighted by molar-refractivity contribution is 5.82. The maximum Gasteiger partial charge on any atom is 0.224 e. The van der Waals surface area contributed by atoms with Crippen molar-refractivity contribution in [2.45, 2.75) is 38.2 Å². The van der Waals surface area contributed by atoms with Gasteiger partial charge in [0.25, 0.3) is 0 Å². The summed E-state index contributed by atoms with van der Waals surface area (Å²) in [5.74, 6) is 0.337. The maximum atomic E-state index is 9.90. The Hall–Kier alpha value is -1.93. The molecule has 5 N–H and O–H groups in total. The molecule has 8 nitrogen and oxygen atoms in total. The summed E-state index contributed by atoms with van der Waals surface area (Å²) in [7, 11) is 0. The van der Waals surface area contributed by atoms with Crippen LogP contribution in [0.3, 0.4) is 0 Å². The lowest BCUT2D eigenvalue weighted by molar-refractivity contribution is -0.0183. The first kappa shape index (κ1) is 12.1. The number of fused-ring (bicyclic) bond motifs is 1. The molecule has 0 aliphatic carbocycles. The summed E-state index contributed by atoms with van der Waals surface area (Å²) in [5, 5.41) is 9.90. The van der Waals surface area contributed by atoms with E-state index in [0.29, 0.717) is 17.6 Å². The highest BCUT2D eigenvalue weighted by Gasteiger charge is 2.34. The molecule has 1 saturated heterocycles. The van der Waals surface area contributed by atoms with Crippen molar-refractivity contribution in [2.24, 2.45) is 0 Å². The molecule has 1 aliphatic heterocycles. The van der Waals surface area contributed by atoms with Gasteiger partial charge in [0.05, 0.1) is 18.5 Å². The molecular weight excluding hydrogens is 248 g/mol. The van der Waals surface area contributed by atoms with Crippen LogP contribution in [-0.4, -0.2) is 36.8 Å². The number of hydrogen-bond donors (Lipinski definition) is 3. The third kappa shape index (κ3) is 1.89. The topological polar surface area (TPSA) is 125 Å². The Morgan fingerprint density at radius 2 is 2.26 bits per heavy atom. The number of rotatable bonds is 2. The van der Waals surface area contributed by atoms with Crippen LogP contribution >= 0.6 is 0 Å². The molecule has 0 saturated carbocycles. The molecule has 3 heterocycles. The second-order valence-electron chi connectivity index (χ2n) is 4.63. The quantitative estimate of drug-likeness (QED) is 0.699. The highest BCUT2D eigenvalue weighted by atomic mass is 16.5. The molecule has 0 bridgehead atoms. The van der Waals surface area contributed by atoms with E-state index in [1.807, 2.05) is 6.92 Å². The van der Waals surface area contributed by atoms with Gasteiger partial charge < -0.3 is 21.3 Å². The molecular formula is C11H16N6O2. The predicted molar refractivity (Wildman–Crippen MR) is 69.0 cm³/mol. The van der Waals surface area contributed by atoms with E-state index in [4.69, 9.17) is 16.2 Å². The number of aromatic nitrogens is 4. The fourth-order valence-electron chi connectivity index (χ4n) is 2.42. The van der Waals surface area contributed by atoms with E-state index in [9.17, 15) is 5.11 Å². The Labute approximate surface area is 109 Å². The maximum absolute atomic E-state index is 9.90. The van der Waals surface area contributed by atoms with Crippen molar-refractivity contribution in [2.75, 3.05) is 11.5 Å². The summed E-state index contributed by atoms with van der Waals surface area (Å²) in [6.45, 7) is 1.97. The third-order valence-corrected chi connectivity index (χ3v) is 3.38. The Bertz CT molecular complexity index is 612. The monoisotopic (exact) mass is 264 g/mol. The van der Waals surface area contributed by atoms with Gasteiger partial charge in [-0.25, -0.2) is 4.98 Å². The van der Waals surface area contributed by atoms with Gasteiger partial charge in [-0.3, -0.25) is 4.57 Å². The van der Waals surface area contributed by atoms with Gasteiger partial charge in [-0.15, -0.1) is 0 Å². The minimum absolute atomic E-state index is 0.0948. The molecule has 1 unspecified atom stereocenters. The van der Waals surface area contributed by atoms with Crippen molar-refractivity contribution in [3.05, 3.63) is 6.33 Å². The molecule has 0 amide bonds. The van der Waals surface area contributed by atoms with Crippen molar-refractivity contribution in [1.82, 2.24) is 19.5 Å². The predicted octanol–water partition coefficient (Wildman–Crippen LogP) is 0.0491. The zero-order valence-corrected chi connectivity index (χ0v) is 10.5. The summed E-state index contributed by atoms with van der Waals surface area (Å²) in [5.41, 5.74) is 12.4. The van der Waals surface area contributed by atoms with E-state index in [-0.39, 0.29) is 24.1 Å². The van der Waals surface area contributed by atoms with Crippen LogP contribution in [0, 0.1) is 0 Å². The first-order valence-corrected chi connectivity index (χ1v) is 6.19. The van der Waals surface area contributed by atoms with Crippen molar-refractivity contribution in [3.63, 3.8) is 0 Å². The molecule has 0 radical (unpaired) electrons. The first-order chi connectivity index (χ1) is 9.10. The average molecular weight is 264 g/mol. The number of imidazole rings is 1. The third-order valence-electron chi connectivity index (χ3n) is 3.38. The number of nitrogen functional groups attached to an aromatic ring is 2. The van der Waals surface area contributed by atoms with Gasteiger partial charge in [0.15, 0.2) is 11.5 Å². The van der Waals surface area contributed by atoms with Gasteiger partial charge >= 0.3 is 0 Å². The number of aliphatic hydroxyl groups is 1. The number of nitrogens with two attached hydrogens (primary N) is 2. The standard InChI is InChI=1S/C11H16N6O2/c1-2-6-5(18)3-7(19-6)17-4-14-8-9(12)15-11(13)16-10(8)17/h4-7,18H,2-3H2,1H3,(H4,12,13,15,16)/t5?,6-,7-/m1/s1. The van der Waals surface area contributed by atoms with E-state index in [1.165, 1.54) is 0 Å². The summed E-state index contributed by atoms with van der Waals surface area (Å²) < 4.78 is 7.52. The lowest BCUT2D eigenvalue weighted by Gasteiger charge is -2.14. The largest absolute Gasteiger partial charge is 0.390 e. The minimum atomic E-state index is -0.482. The van der Waals surface area contributed by atoms with Crippen molar-refractivity contribution >= 4 is 22.9 Å². The lowest BCUT2D eigenvalue weighted by Crippen LogP contribution is -2.19. The molecule has 0 aromatic carbocycles. The summed E-state index contributed by atoms with van der Waals surface area (Å²) >= 11 is 0. The van der Waals surface area contributed by atoms with Gasteiger partial charge in [-0.05, 0) is 6.42 Å². The second-order valence-corrected chi connectivity index (χ2v) is 4.63. The Balaban J connectivity index is 2.02. The average Bonchev–Trinajstić information content (AvgIpc) is 2.92. The van der Waals surface area contributed by atoms with Crippen molar-refractivity contribution in [1.29, 1.82) is 0 Å². The SMILES string of the molecule is CC[C@H]1O[C@@H](n2cnc3c(N)nc(N)nc32)CC1O. The Kier molecular flexibility index (Phi) is 2.76. The van der Waals surface area contributed by atoms with Gasteiger partial charge in [0.1, 0.15) is 11.7 Å². The van der Waals surface area contributed by atoms with Gasteiger partial charge in [-0.1, -0.05) is 6.92 Å². The second kappa shape index (κ2) is 4.32. The van der Waals surface area contributed by atoms with E-state index in [1.54, 1.807) is 10.9 Å². The fraction of sp³-hybridized carbons (Fsp3) is 0.545. The van der Waals surface area contributed by atoms with Crippen LogP contribution in [-0.2, 0) is 4.74 Å². The van der Waals surface area contributed by atoms with E-state index >= 15 is 0 Å². The van der Waals surface area contributed by atoms with E-state index in [2.05, 4.69) is 15.0 Å². The molecule has 102 valence electrons. The summed E-state index contributed by atoms with van der Waals surface area (Å²) in [4.78, 5) is 12.2. The van der Waals surface area contributed by atoms with Crippen LogP contribution in [0.15, 0.2) is 6.33 Å². The summed E-state index contributed by atoms with van der Waals surface area (Å²) in [6.07, 6.45) is 1.88. The highest BCUT2D eigenvalue weighted by Crippen LogP contribution is 2.32. The fourth-order valence-corrected chi connectivity index (χ4v) is 2.42. The van der Waals surface area contributed by atoms with Gasteiger partial charge in [-0.2, -0.15) is 9.97 Å². The number of nitrogens with zero attached hydrogens (tertiary/aromatic N) is 4. The molecule has 2 aromatic heterocycles. The van der Waals surface area contributed by atoms with Crippen LogP contribution in [0.25, 0.3) is 11.2 Å². The Morgan fingerprint density at radius 1 is 1.47 bits per heavy atom. The zero-order chi connectivity index (χ0) is 13.6. The van der Waals surface area contributed by atoms with E-state index in [0.717, 1.165) is 6.42 Å². The van der Waals surface area contributed by atoms with Crippen LogP contribution in [0.5, 0.6) is 0 Å². The Morgan fingerprint density at radius 3 is 2.95 bits per heavy atom. The molecule has 2 aromatic rings. The first-order valence-electron chi connectivity index (χ1n) is 6.19. The number of ether oxygens (including phenoxy) is 1. The molecule has 19 heavy (non-hydrogen) atoms. The molecule has 8 heteroatoms.